The van der Waals surface area contributed by atoms with Crippen molar-refractivity contribution in [2.24, 2.45) is 0 Å². The maximum atomic E-state index is 12.5. The van der Waals surface area contributed by atoms with Crippen LogP contribution in [0.3, 0.4) is 0 Å². The maximum Gasteiger partial charge on any atom is 0.249 e. The summed E-state index contributed by atoms with van der Waals surface area (Å²) < 4.78 is 0. The molecule has 0 saturated carbocycles. The van der Waals surface area contributed by atoms with E-state index in [0.29, 0.717) is 19.3 Å². The minimum absolute atomic E-state index is 0.357. The Hall–Kier alpha value is -1.47. The molecule has 0 saturated heterocycles. The average molecular weight is 762 g/mol. The summed E-state index contributed by atoms with van der Waals surface area (Å²) in [7, 11) is 0. The fourth-order valence-corrected chi connectivity index (χ4v) is 7.06. The van der Waals surface area contributed by atoms with Crippen LogP contribution in [0.15, 0.2) is 36.5 Å². The summed E-state index contributed by atoms with van der Waals surface area (Å²) in [6, 6.07) is -1.01. The summed E-state index contributed by atoms with van der Waals surface area (Å²) in [5.41, 5.74) is 0. The van der Waals surface area contributed by atoms with Gasteiger partial charge < -0.3 is 25.7 Å². The van der Waals surface area contributed by atoms with Crippen molar-refractivity contribution in [2.75, 3.05) is 6.61 Å². The molecule has 0 aromatic rings. The van der Waals surface area contributed by atoms with Crippen LogP contribution in [-0.2, 0) is 4.79 Å². The van der Waals surface area contributed by atoms with Gasteiger partial charge in [0.05, 0.1) is 18.8 Å². The largest absolute Gasteiger partial charge is 0.394 e. The number of carbonyl (C=O) groups excluding carboxylic acids is 1. The molecular weight excluding hydrogens is 671 g/mol. The summed E-state index contributed by atoms with van der Waals surface area (Å²) >= 11 is 0. The predicted octanol–water partition coefficient (Wildman–Crippen LogP) is 12.5. The second kappa shape index (κ2) is 42.7. The number of rotatable bonds is 42. The number of carbonyl (C=O) groups is 1. The molecule has 0 aromatic heterocycles. The van der Waals surface area contributed by atoms with Gasteiger partial charge in [0.2, 0.25) is 5.91 Å². The molecule has 5 N–H and O–H groups in total. The van der Waals surface area contributed by atoms with Gasteiger partial charge in [0, 0.05) is 0 Å². The molecule has 6 heteroatoms. The Kier molecular flexibility index (Phi) is 41.5. The summed E-state index contributed by atoms with van der Waals surface area (Å²) in [4.78, 5) is 12.5. The molecule has 0 aliphatic carbocycles. The number of amides is 1. The van der Waals surface area contributed by atoms with Crippen LogP contribution < -0.4 is 5.32 Å². The van der Waals surface area contributed by atoms with Gasteiger partial charge in [-0.05, 0) is 77.0 Å². The van der Waals surface area contributed by atoms with Gasteiger partial charge in [0.15, 0.2) is 0 Å². The number of hydrogen-bond acceptors (Lipinski definition) is 5. The van der Waals surface area contributed by atoms with E-state index in [0.717, 1.165) is 38.5 Å². The van der Waals surface area contributed by atoms with E-state index in [1.165, 1.54) is 161 Å². The Bertz CT molecular complexity index is 858. The molecule has 0 aliphatic heterocycles. The number of aliphatic hydroxyl groups excluding tert-OH is 4. The number of aliphatic hydroxyl groups is 4. The summed E-state index contributed by atoms with van der Waals surface area (Å²) in [5.74, 6) is -0.600. The summed E-state index contributed by atoms with van der Waals surface area (Å²) in [6.45, 7) is 4.02. The van der Waals surface area contributed by atoms with Gasteiger partial charge in [0.25, 0.3) is 0 Å². The van der Waals surface area contributed by atoms with Crippen LogP contribution in [0, 0.1) is 0 Å². The molecule has 0 heterocycles. The van der Waals surface area contributed by atoms with Crippen molar-refractivity contribution in [3.8, 4) is 0 Å². The van der Waals surface area contributed by atoms with E-state index in [9.17, 15) is 25.2 Å². The monoisotopic (exact) mass is 762 g/mol. The highest BCUT2D eigenvalue weighted by Crippen LogP contribution is 2.15. The van der Waals surface area contributed by atoms with E-state index in [-0.39, 0.29) is 0 Å². The summed E-state index contributed by atoms with van der Waals surface area (Å²) in [5, 5.41) is 43.6. The summed E-state index contributed by atoms with van der Waals surface area (Å²) in [6.07, 6.45) is 50.4. The highest BCUT2D eigenvalue weighted by Gasteiger charge is 2.28. The van der Waals surface area contributed by atoms with Gasteiger partial charge in [0.1, 0.15) is 12.2 Å². The first-order valence-electron chi connectivity index (χ1n) is 23.4. The van der Waals surface area contributed by atoms with E-state index in [4.69, 9.17) is 0 Å². The van der Waals surface area contributed by atoms with Crippen LogP contribution in [0.4, 0.5) is 0 Å². The van der Waals surface area contributed by atoms with Gasteiger partial charge in [-0.15, -0.1) is 0 Å². The molecule has 0 aliphatic rings. The first kappa shape index (κ1) is 52.5. The fourth-order valence-electron chi connectivity index (χ4n) is 7.06. The molecular formula is C48H91NO5. The third-order valence-corrected chi connectivity index (χ3v) is 10.8. The molecule has 318 valence electrons. The first-order valence-corrected chi connectivity index (χ1v) is 23.4. The second-order valence-electron chi connectivity index (χ2n) is 16.1. The number of nitrogens with one attached hydrogen (secondary N) is 1. The van der Waals surface area contributed by atoms with Gasteiger partial charge >= 0.3 is 0 Å². The van der Waals surface area contributed by atoms with Crippen molar-refractivity contribution < 1.29 is 25.2 Å². The smallest absolute Gasteiger partial charge is 0.249 e. The molecule has 0 aromatic carbocycles. The quantitative estimate of drug-likeness (QED) is 0.0314. The molecule has 6 nitrogen and oxygen atoms in total. The van der Waals surface area contributed by atoms with Crippen molar-refractivity contribution >= 4 is 5.91 Å². The Morgan fingerprint density at radius 2 is 0.778 bits per heavy atom. The van der Waals surface area contributed by atoms with E-state index < -0.39 is 36.9 Å². The van der Waals surface area contributed by atoms with Crippen molar-refractivity contribution in [1.82, 2.24) is 5.32 Å². The molecule has 1 amide bonds. The Morgan fingerprint density at radius 3 is 1.17 bits per heavy atom. The number of unbranched alkanes of at least 4 members (excludes halogenated alkanes) is 27. The topological polar surface area (TPSA) is 110 Å². The van der Waals surface area contributed by atoms with Crippen molar-refractivity contribution in [3.63, 3.8) is 0 Å². The lowest BCUT2D eigenvalue weighted by molar-refractivity contribution is -0.132. The minimum Gasteiger partial charge on any atom is -0.394 e. The van der Waals surface area contributed by atoms with Crippen LogP contribution in [0.25, 0.3) is 0 Å². The van der Waals surface area contributed by atoms with Crippen molar-refractivity contribution in [3.05, 3.63) is 36.5 Å². The molecule has 0 rings (SSSR count). The van der Waals surface area contributed by atoms with Gasteiger partial charge in [-0.2, -0.15) is 0 Å². The van der Waals surface area contributed by atoms with Crippen LogP contribution in [0.1, 0.15) is 232 Å². The van der Waals surface area contributed by atoms with Crippen LogP contribution >= 0.6 is 0 Å². The zero-order valence-electron chi connectivity index (χ0n) is 35.7. The van der Waals surface area contributed by atoms with Crippen molar-refractivity contribution in [2.45, 2.75) is 257 Å². The van der Waals surface area contributed by atoms with Gasteiger partial charge in [-0.3, -0.25) is 4.79 Å². The molecule has 0 bridgehead atoms. The first-order chi connectivity index (χ1) is 26.5. The zero-order valence-corrected chi connectivity index (χ0v) is 35.7. The highest BCUT2D eigenvalue weighted by atomic mass is 16.3. The number of allylic oxidation sites excluding steroid dienone is 6. The van der Waals surface area contributed by atoms with Crippen LogP contribution in [0.2, 0.25) is 0 Å². The van der Waals surface area contributed by atoms with Crippen LogP contribution in [0.5, 0.6) is 0 Å². The van der Waals surface area contributed by atoms with E-state index >= 15 is 0 Å². The van der Waals surface area contributed by atoms with Gasteiger partial charge in [-0.25, -0.2) is 0 Å². The lowest BCUT2D eigenvalue weighted by atomic mass is 10.00. The molecule has 4 unspecified atom stereocenters. The van der Waals surface area contributed by atoms with Gasteiger partial charge in [-0.1, -0.05) is 192 Å². The molecule has 0 spiro atoms. The van der Waals surface area contributed by atoms with E-state index in [2.05, 4.69) is 55.6 Å². The lowest BCUT2D eigenvalue weighted by Gasteiger charge is -2.27. The Morgan fingerprint density at radius 1 is 0.444 bits per heavy atom. The third-order valence-electron chi connectivity index (χ3n) is 10.8. The van der Waals surface area contributed by atoms with E-state index in [1.54, 1.807) is 0 Å². The third kappa shape index (κ3) is 36.2. The van der Waals surface area contributed by atoms with Crippen LogP contribution in [-0.4, -0.2) is 57.3 Å². The fraction of sp³-hybridized carbons (Fsp3) is 0.854. The SMILES string of the molecule is CCCCCCC/C=C/CC/C=C/CCCC(O)C(O)C(CO)NC(=O)C(O)CCCCCCCCCC/C=C\CCCCCCCCCCCCCC. The normalized spacial score (nSPS) is 14.4. The highest BCUT2D eigenvalue weighted by molar-refractivity contribution is 5.80. The minimum atomic E-state index is -1.29. The zero-order chi connectivity index (χ0) is 39.6. The predicted molar refractivity (Wildman–Crippen MR) is 233 cm³/mol. The Labute approximate surface area is 335 Å². The molecule has 54 heavy (non-hydrogen) atoms. The molecule has 0 fully saturated rings. The maximum absolute atomic E-state index is 12.5. The standard InChI is InChI=1S/C48H91NO5/c1-3-5-7-9-11-13-15-17-19-20-21-22-23-24-25-26-27-28-30-32-34-36-38-40-42-46(52)48(54)49-44(43-50)47(53)45(51)41-39-37-35-33-31-29-18-16-14-12-10-8-6-4-2/h16,18,24-25,33,35,44-47,50-53H,3-15,17,19-23,26-32,34,36-43H2,1-2H3,(H,49,54)/b18-16+,25-24-,35-33+. The lowest BCUT2D eigenvalue weighted by Crippen LogP contribution is -2.53. The average Bonchev–Trinajstić information content (AvgIpc) is 3.18. The molecule has 0 radical (unpaired) electrons. The van der Waals surface area contributed by atoms with Crippen molar-refractivity contribution in [1.29, 1.82) is 0 Å². The number of hydrogen-bond donors (Lipinski definition) is 5. The Balaban J connectivity index is 3.73. The van der Waals surface area contributed by atoms with E-state index in [1.807, 2.05) is 0 Å². The molecule has 4 atom stereocenters. The second-order valence-corrected chi connectivity index (χ2v) is 16.1.